The molecule has 10 nitrogen and oxygen atoms in total. The Morgan fingerprint density at radius 2 is 1.85 bits per heavy atom. The molecule has 10 heteroatoms. The number of anilines is 2. The van der Waals surface area contributed by atoms with Gasteiger partial charge in [0.05, 0.1) is 35.5 Å². The van der Waals surface area contributed by atoms with Gasteiger partial charge in [0.25, 0.3) is 0 Å². The average Bonchev–Trinajstić information content (AvgIpc) is 2.88. The Bertz CT molecular complexity index is 1360. The summed E-state index contributed by atoms with van der Waals surface area (Å²) in [5, 5.41) is 5.44. The topological polar surface area (TPSA) is 119 Å². The maximum Gasteiger partial charge on any atom is 0.410 e. The van der Waals surface area contributed by atoms with Crippen molar-refractivity contribution in [1.29, 1.82) is 0 Å². The van der Waals surface area contributed by atoms with Gasteiger partial charge in [-0.2, -0.15) is 0 Å². The smallest absolute Gasteiger partial charge is 0.410 e. The molecule has 4 rings (SSSR count). The summed E-state index contributed by atoms with van der Waals surface area (Å²) in [6, 6.07) is 8.93. The van der Waals surface area contributed by atoms with E-state index in [0.29, 0.717) is 30.4 Å². The van der Waals surface area contributed by atoms with Gasteiger partial charge in [0.2, 0.25) is 0 Å². The molecule has 212 valence electrons. The van der Waals surface area contributed by atoms with Crippen molar-refractivity contribution in [2.45, 2.75) is 71.9 Å². The average molecular weight is 547 g/mol. The molecular weight excluding hydrogens is 508 g/mol. The molecule has 0 spiro atoms. The molecule has 2 aromatic heterocycles. The summed E-state index contributed by atoms with van der Waals surface area (Å²) >= 11 is 0. The number of nitrogens with zero attached hydrogens (tertiary/aromatic N) is 4. The van der Waals surface area contributed by atoms with E-state index < -0.39 is 17.2 Å². The molecule has 0 bridgehead atoms. The van der Waals surface area contributed by atoms with Crippen molar-refractivity contribution in [2.24, 2.45) is 0 Å². The van der Waals surface area contributed by atoms with E-state index in [2.05, 4.69) is 32.5 Å². The fourth-order valence-corrected chi connectivity index (χ4v) is 4.55. The number of benzene rings is 1. The Morgan fingerprint density at radius 1 is 1.05 bits per heavy atom. The van der Waals surface area contributed by atoms with E-state index in [1.807, 2.05) is 63.8 Å². The summed E-state index contributed by atoms with van der Waals surface area (Å²) in [5.41, 5.74) is 2.79. The lowest BCUT2D eigenvalue weighted by molar-refractivity contribution is -0.0236. The van der Waals surface area contributed by atoms with Crippen LogP contribution in [0, 0.1) is 13.8 Å². The molecular formula is C30H38N6O4. The number of carbonyl (C=O) groups is 2. The van der Waals surface area contributed by atoms with Crippen molar-refractivity contribution < 1.29 is 19.1 Å². The zero-order chi connectivity index (χ0) is 28.9. The summed E-state index contributed by atoms with van der Waals surface area (Å²) in [6.45, 7) is 12.5. The summed E-state index contributed by atoms with van der Waals surface area (Å²) in [6.07, 6.45) is 7.23. The number of pyridine rings is 1. The van der Waals surface area contributed by atoms with Crippen LogP contribution in [0.3, 0.4) is 0 Å². The number of ether oxygens (including phenoxy) is 2. The minimum Gasteiger partial charge on any atom is -0.491 e. The molecule has 1 aliphatic rings. The number of piperidine rings is 1. The molecule has 1 fully saturated rings. The Kier molecular flexibility index (Phi) is 8.56. The highest BCUT2D eigenvalue weighted by Gasteiger charge is 2.40. The van der Waals surface area contributed by atoms with Gasteiger partial charge < -0.3 is 14.8 Å². The minimum atomic E-state index is -0.555. The third kappa shape index (κ3) is 7.46. The number of rotatable bonds is 6. The highest BCUT2D eigenvalue weighted by molar-refractivity contribution is 5.99. The number of amides is 3. The van der Waals surface area contributed by atoms with E-state index in [9.17, 15) is 9.59 Å². The number of carbonyl (C=O) groups excluding carboxylic acids is 2. The van der Waals surface area contributed by atoms with Crippen LogP contribution in [0.5, 0.6) is 5.75 Å². The standard InChI is InChI=1S/C30H38N6O4/c1-20-15-22(24-17-31-18-26(34-24)35-27(37)33-23-11-9-21(2)32-16-23)10-12-25(20)39-19-30(6)13-7-8-14-36(30)28(38)40-29(3,4)5/h9-12,15-18H,7-8,13-14,19H2,1-6H3,(H2,33,34,35,37)/t30-/m0/s1. The highest BCUT2D eigenvalue weighted by atomic mass is 16.6. The van der Waals surface area contributed by atoms with E-state index in [0.717, 1.165) is 41.8 Å². The first-order valence-electron chi connectivity index (χ1n) is 13.5. The number of urea groups is 1. The van der Waals surface area contributed by atoms with Gasteiger partial charge in [-0.3, -0.25) is 20.2 Å². The maximum absolute atomic E-state index is 12.9. The Balaban J connectivity index is 1.41. The monoisotopic (exact) mass is 546 g/mol. The summed E-state index contributed by atoms with van der Waals surface area (Å²) in [5.74, 6) is 1.05. The van der Waals surface area contributed by atoms with Crippen LogP contribution in [-0.2, 0) is 4.74 Å². The zero-order valence-corrected chi connectivity index (χ0v) is 24.1. The van der Waals surface area contributed by atoms with E-state index in [1.165, 1.54) is 6.20 Å². The summed E-state index contributed by atoms with van der Waals surface area (Å²) < 4.78 is 11.9. The van der Waals surface area contributed by atoms with E-state index in [-0.39, 0.29) is 6.09 Å². The van der Waals surface area contributed by atoms with Crippen molar-refractivity contribution in [1.82, 2.24) is 19.9 Å². The second-order valence-electron chi connectivity index (χ2n) is 11.4. The van der Waals surface area contributed by atoms with Crippen molar-refractivity contribution in [2.75, 3.05) is 23.8 Å². The molecule has 40 heavy (non-hydrogen) atoms. The molecule has 3 amide bonds. The molecule has 1 aromatic carbocycles. The highest BCUT2D eigenvalue weighted by Crippen LogP contribution is 2.32. The van der Waals surface area contributed by atoms with Crippen LogP contribution >= 0.6 is 0 Å². The van der Waals surface area contributed by atoms with Crippen LogP contribution in [-0.4, -0.2) is 56.3 Å². The molecule has 3 aromatic rings. The van der Waals surface area contributed by atoms with Crippen LogP contribution in [0.1, 0.15) is 58.2 Å². The predicted octanol–water partition coefficient (Wildman–Crippen LogP) is 6.36. The summed E-state index contributed by atoms with van der Waals surface area (Å²) in [4.78, 5) is 40.1. The number of nitrogens with one attached hydrogen (secondary N) is 2. The first-order valence-corrected chi connectivity index (χ1v) is 13.5. The number of aryl methyl sites for hydroxylation is 2. The fraction of sp³-hybridized carbons (Fsp3) is 0.433. The molecule has 0 radical (unpaired) electrons. The lowest BCUT2D eigenvalue weighted by atomic mass is 9.89. The number of hydrogen-bond donors (Lipinski definition) is 2. The van der Waals surface area contributed by atoms with Gasteiger partial charge in [-0.05, 0) is 96.7 Å². The molecule has 3 heterocycles. The third-order valence-electron chi connectivity index (χ3n) is 6.67. The normalized spacial score (nSPS) is 17.2. The van der Waals surface area contributed by atoms with Crippen LogP contribution in [0.4, 0.5) is 21.1 Å². The lowest BCUT2D eigenvalue weighted by Crippen LogP contribution is -2.57. The quantitative estimate of drug-likeness (QED) is 0.369. The number of hydrogen-bond acceptors (Lipinski definition) is 7. The summed E-state index contributed by atoms with van der Waals surface area (Å²) in [7, 11) is 0. The first-order chi connectivity index (χ1) is 18.9. The van der Waals surface area contributed by atoms with Crippen LogP contribution < -0.4 is 15.4 Å². The van der Waals surface area contributed by atoms with Crippen molar-refractivity contribution in [3.63, 3.8) is 0 Å². The van der Waals surface area contributed by atoms with Gasteiger partial charge in [0.1, 0.15) is 18.0 Å². The van der Waals surface area contributed by atoms with Gasteiger partial charge in [-0.25, -0.2) is 14.6 Å². The molecule has 0 unspecified atom stereocenters. The van der Waals surface area contributed by atoms with Gasteiger partial charge >= 0.3 is 12.1 Å². The first kappa shape index (κ1) is 28.8. The molecule has 0 aliphatic carbocycles. The van der Waals surface area contributed by atoms with E-state index in [4.69, 9.17) is 9.47 Å². The molecule has 1 atom stereocenters. The maximum atomic E-state index is 12.9. The van der Waals surface area contributed by atoms with Gasteiger partial charge in [0, 0.05) is 17.8 Å². The van der Waals surface area contributed by atoms with Crippen LogP contribution in [0.25, 0.3) is 11.3 Å². The number of aromatic nitrogens is 3. The number of likely N-dealkylation sites (tertiary alicyclic amines) is 1. The molecule has 1 saturated heterocycles. The second-order valence-corrected chi connectivity index (χ2v) is 11.4. The van der Waals surface area contributed by atoms with Crippen LogP contribution in [0.15, 0.2) is 48.9 Å². The molecule has 2 N–H and O–H groups in total. The Hall–Kier alpha value is -4.21. The van der Waals surface area contributed by atoms with Gasteiger partial charge in [0.15, 0.2) is 5.82 Å². The van der Waals surface area contributed by atoms with Crippen LogP contribution in [0.2, 0.25) is 0 Å². The van der Waals surface area contributed by atoms with Gasteiger partial charge in [-0.1, -0.05) is 0 Å². The van der Waals surface area contributed by atoms with Gasteiger partial charge in [-0.15, -0.1) is 0 Å². The lowest BCUT2D eigenvalue weighted by Gasteiger charge is -2.44. The van der Waals surface area contributed by atoms with Crippen molar-refractivity contribution in [3.05, 3.63) is 60.2 Å². The Labute approximate surface area is 235 Å². The van der Waals surface area contributed by atoms with E-state index in [1.54, 1.807) is 18.5 Å². The van der Waals surface area contributed by atoms with E-state index >= 15 is 0 Å². The zero-order valence-electron chi connectivity index (χ0n) is 24.1. The fourth-order valence-electron chi connectivity index (χ4n) is 4.55. The largest absolute Gasteiger partial charge is 0.491 e. The molecule has 0 saturated carbocycles. The second kappa shape index (κ2) is 11.9. The van der Waals surface area contributed by atoms with Crippen molar-refractivity contribution >= 4 is 23.6 Å². The third-order valence-corrected chi connectivity index (χ3v) is 6.67. The Morgan fingerprint density at radius 3 is 2.55 bits per heavy atom. The molecule has 1 aliphatic heterocycles. The SMILES string of the molecule is Cc1ccc(NC(=O)Nc2cncc(-c3ccc(OC[C@]4(C)CCCCN4C(=O)OC(C)(C)C)c(C)c3)n2)cn1. The van der Waals surface area contributed by atoms with Crippen molar-refractivity contribution in [3.8, 4) is 17.0 Å². The predicted molar refractivity (Wildman–Crippen MR) is 155 cm³/mol. The minimum absolute atomic E-state index is 0.304.